The Bertz CT molecular complexity index is 801. The summed E-state index contributed by atoms with van der Waals surface area (Å²) in [5, 5.41) is 8.07. The van der Waals surface area contributed by atoms with Crippen LogP contribution in [0.15, 0.2) is 29.0 Å². The largest absolute Gasteiger partial charge is 0.381 e. The van der Waals surface area contributed by atoms with Gasteiger partial charge in [0, 0.05) is 29.9 Å². The van der Waals surface area contributed by atoms with Crippen molar-refractivity contribution in [2.75, 3.05) is 5.73 Å². The molecule has 0 fully saturated rings. The van der Waals surface area contributed by atoms with Crippen molar-refractivity contribution in [1.82, 2.24) is 24.3 Å². The number of thiazole rings is 1. The number of sulfonamides is 1. The first-order valence-corrected chi connectivity index (χ1v) is 7.62. The topological polar surface area (TPSA) is 118 Å². The molecule has 100 valence electrons. The normalized spacial score (nSPS) is 12.2. The minimum Gasteiger partial charge on any atom is -0.381 e. The summed E-state index contributed by atoms with van der Waals surface area (Å²) < 4.78 is 28.4. The quantitative estimate of drug-likeness (QED) is 0.635. The third-order valence-electron chi connectivity index (χ3n) is 2.52. The molecule has 3 rings (SSSR count). The van der Waals surface area contributed by atoms with Gasteiger partial charge >= 0.3 is 0 Å². The zero-order valence-corrected chi connectivity index (χ0v) is 11.2. The van der Waals surface area contributed by atoms with E-state index in [0.717, 1.165) is 5.56 Å². The number of nitrogens with zero attached hydrogens (tertiary/aromatic N) is 3. The van der Waals surface area contributed by atoms with Crippen molar-refractivity contribution in [3.8, 4) is 0 Å². The Morgan fingerprint density at radius 1 is 1.53 bits per heavy atom. The maximum absolute atomic E-state index is 12.2. The molecule has 0 aliphatic carbocycles. The Morgan fingerprint density at radius 3 is 3.11 bits per heavy atom. The van der Waals surface area contributed by atoms with E-state index in [1.165, 1.54) is 15.7 Å². The van der Waals surface area contributed by atoms with Crippen molar-refractivity contribution in [2.45, 2.75) is 11.6 Å². The van der Waals surface area contributed by atoms with Crippen LogP contribution in [0, 0.1) is 0 Å². The van der Waals surface area contributed by atoms with Gasteiger partial charge in [0.25, 0.3) is 10.0 Å². The second-order valence-corrected chi connectivity index (χ2v) is 6.34. The number of nitrogen functional groups attached to an aromatic ring is 1. The number of nitrogens with one attached hydrogen (secondary N) is 2. The third kappa shape index (κ3) is 2.09. The Labute approximate surface area is 112 Å². The van der Waals surface area contributed by atoms with Gasteiger partial charge in [0.05, 0.1) is 6.20 Å². The number of imidazole rings is 1. The summed E-state index contributed by atoms with van der Waals surface area (Å²) in [7, 11) is -3.73. The second-order valence-electron chi connectivity index (χ2n) is 3.79. The van der Waals surface area contributed by atoms with Crippen LogP contribution in [-0.4, -0.2) is 28.0 Å². The predicted molar refractivity (Wildman–Crippen MR) is 70.1 cm³/mol. The molecular formula is C9H10N6O2S2. The maximum Gasteiger partial charge on any atom is 0.260 e. The van der Waals surface area contributed by atoms with E-state index in [2.05, 4.69) is 19.9 Å². The highest BCUT2D eigenvalue weighted by molar-refractivity contribution is 7.89. The molecule has 0 unspecified atom stereocenters. The van der Waals surface area contributed by atoms with E-state index in [1.54, 1.807) is 24.0 Å². The molecule has 0 amide bonds. The van der Waals surface area contributed by atoms with Crippen LogP contribution in [0.25, 0.3) is 4.96 Å². The van der Waals surface area contributed by atoms with Crippen molar-refractivity contribution in [3.05, 3.63) is 29.5 Å². The van der Waals surface area contributed by atoms with Crippen molar-refractivity contribution in [1.29, 1.82) is 0 Å². The van der Waals surface area contributed by atoms with Crippen LogP contribution in [0.3, 0.4) is 0 Å². The van der Waals surface area contributed by atoms with E-state index in [4.69, 9.17) is 5.73 Å². The standard InChI is InChI=1S/C9H10N6O2S2/c10-7-8(15-1-2-18-9(15)14-7)19(16,17)13-5-6-3-11-12-4-6/h1-4,13H,5,10H2,(H,11,12). The maximum atomic E-state index is 12.2. The first-order valence-electron chi connectivity index (χ1n) is 5.26. The zero-order chi connectivity index (χ0) is 13.5. The highest BCUT2D eigenvalue weighted by atomic mass is 32.2. The van der Waals surface area contributed by atoms with Gasteiger partial charge in [-0.2, -0.15) is 5.10 Å². The third-order valence-corrected chi connectivity index (χ3v) is 4.72. The highest BCUT2D eigenvalue weighted by Crippen LogP contribution is 2.23. The summed E-state index contributed by atoms with van der Waals surface area (Å²) in [4.78, 5) is 4.55. The lowest BCUT2D eigenvalue weighted by Crippen LogP contribution is -2.25. The Kier molecular flexibility index (Phi) is 2.77. The van der Waals surface area contributed by atoms with Gasteiger partial charge in [-0.25, -0.2) is 18.1 Å². The van der Waals surface area contributed by atoms with Gasteiger partial charge in [0.2, 0.25) is 0 Å². The average Bonchev–Trinajstić information content (AvgIpc) is 3.01. The molecule has 0 saturated carbocycles. The molecule has 3 aromatic rings. The Morgan fingerprint density at radius 2 is 2.37 bits per heavy atom. The first kappa shape index (κ1) is 12.1. The number of hydrogen-bond donors (Lipinski definition) is 3. The number of aromatic nitrogens is 4. The average molecular weight is 298 g/mol. The van der Waals surface area contributed by atoms with E-state index in [9.17, 15) is 8.42 Å². The number of hydrogen-bond acceptors (Lipinski definition) is 6. The van der Waals surface area contributed by atoms with Crippen molar-refractivity contribution in [2.24, 2.45) is 0 Å². The Balaban J connectivity index is 1.95. The van der Waals surface area contributed by atoms with Crippen LogP contribution < -0.4 is 10.5 Å². The molecule has 0 radical (unpaired) electrons. The van der Waals surface area contributed by atoms with Crippen LogP contribution in [-0.2, 0) is 16.6 Å². The number of H-pyrrole nitrogens is 1. The van der Waals surface area contributed by atoms with E-state index in [-0.39, 0.29) is 17.4 Å². The lowest BCUT2D eigenvalue weighted by atomic mass is 10.4. The van der Waals surface area contributed by atoms with Crippen molar-refractivity contribution in [3.63, 3.8) is 0 Å². The smallest absolute Gasteiger partial charge is 0.260 e. The van der Waals surface area contributed by atoms with Gasteiger partial charge < -0.3 is 5.73 Å². The van der Waals surface area contributed by atoms with E-state index >= 15 is 0 Å². The summed E-state index contributed by atoms with van der Waals surface area (Å²) >= 11 is 1.32. The Hall–Kier alpha value is -1.91. The summed E-state index contributed by atoms with van der Waals surface area (Å²) in [5.74, 6) is -0.00783. The fourth-order valence-corrected chi connectivity index (χ4v) is 3.67. The number of rotatable bonds is 4. The molecule has 19 heavy (non-hydrogen) atoms. The lowest BCUT2D eigenvalue weighted by molar-refractivity contribution is 0.577. The molecule has 0 aliphatic heterocycles. The fraction of sp³-hybridized carbons (Fsp3) is 0.111. The molecule has 3 aromatic heterocycles. The fourth-order valence-electron chi connectivity index (χ4n) is 1.67. The zero-order valence-electron chi connectivity index (χ0n) is 9.57. The summed E-state index contributed by atoms with van der Waals surface area (Å²) in [6.07, 6.45) is 4.78. The van der Waals surface area contributed by atoms with Crippen LogP contribution in [0.1, 0.15) is 5.56 Å². The summed E-state index contributed by atoms with van der Waals surface area (Å²) in [6, 6.07) is 0. The molecule has 0 bridgehead atoms. The van der Waals surface area contributed by atoms with Crippen molar-refractivity contribution >= 4 is 32.1 Å². The van der Waals surface area contributed by atoms with Gasteiger partial charge in [-0.1, -0.05) is 0 Å². The molecule has 0 spiro atoms. The van der Waals surface area contributed by atoms with Gasteiger partial charge in [0.1, 0.15) is 0 Å². The van der Waals surface area contributed by atoms with Crippen LogP contribution in [0.5, 0.6) is 0 Å². The van der Waals surface area contributed by atoms with Gasteiger partial charge in [-0.3, -0.25) is 9.50 Å². The highest BCUT2D eigenvalue weighted by Gasteiger charge is 2.24. The molecule has 0 aromatic carbocycles. The molecule has 0 atom stereocenters. The second kappa shape index (κ2) is 4.33. The molecule has 10 heteroatoms. The van der Waals surface area contributed by atoms with Gasteiger partial charge in [0.15, 0.2) is 15.8 Å². The molecule has 0 aliphatic rings. The van der Waals surface area contributed by atoms with Crippen LogP contribution in [0.4, 0.5) is 5.82 Å². The molecular weight excluding hydrogens is 288 g/mol. The molecule has 0 saturated heterocycles. The van der Waals surface area contributed by atoms with E-state index in [0.29, 0.717) is 4.96 Å². The SMILES string of the molecule is Nc1nc2sccn2c1S(=O)(=O)NCc1cn[nH]c1. The van der Waals surface area contributed by atoms with Gasteiger partial charge in [-0.05, 0) is 0 Å². The van der Waals surface area contributed by atoms with Crippen LogP contribution >= 0.6 is 11.3 Å². The number of anilines is 1. The summed E-state index contributed by atoms with van der Waals surface area (Å²) in [5.41, 5.74) is 6.40. The van der Waals surface area contributed by atoms with Crippen LogP contribution in [0.2, 0.25) is 0 Å². The van der Waals surface area contributed by atoms with E-state index in [1.807, 2.05) is 0 Å². The molecule has 3 heterocycles. The minimum atomic E-state index is -3.73. The summed E-state index contributed by atoms with van der Waals surface area (Å²) in [6.45, 7) is 0.135. The first-order chi connectivity index (χ1) is 9.08. The molecule has 8 nitrogen and oxygen atoms in total. The van der Waals surface area contributed by atoms with Crippen molar-refractivity contribution < 1.29 is 8.42 Å². The number of nitrogens with two attached hydrogens (primary N) is 1. The number of fused-ring (bicyclic) bond motifs is 1. The monoisotopic (exact) mass is 298 g/mol. The number of aromatic amines is 1. The predicted octanol–water partition coefficient (Wildman–Crippen LogP) is 0.180. The molecule has 4 N–H and O–H groups in total. The van der Waals surface area contributed by atoms with E-state index < -0.39 is 10.0 Å². The lowest BCUT2D eigenvalue weighted by Gasteiger charge is -2.05. The minimum absolute atomic E-state index is 0.00783. The van der Waals surface area contributed by atoms with Gasteiger partial charge in [-0.15, -0.1) is 11.3 Å².